The van der Waals surface area contributed by atoms with Crippen LogP contribution in [0.2, 0.25) is 5.02 Å². The summed E-state index contributed by atoms with van der Waals surface area (Å²) in [6.45, 7) is 1.25. The van der Waals surface area contributed by atoms with E-state index in [0.29, 0.717) is 41.8 Å². The van der Waals surface area contributed by atoms with Gasteiger partial charge in [0.1, 0.15) is 18.1 Å². The first-order chi connectivity index (χ1) is 13.1. The molecular formula is C19H18ClNO6. The summed E-state index contributed by atoms with van der Waals surface area (Å²) in [5, 5.41) is 0.523. The summed E-state index contributed by atoms with van der Waals surface area (Å²) in [5.74, 6) is 0.328. The Morgan fingerprint density at radius 1 is 1.37 bits per heavy atom. The first-order valence-electron chi connectivity index (χ1n) is 8.59. The first-order valence-corrected chi connectivity index (χ1v) is 8.96. The molecule has 3 heterocycles. The van der Waals surface area contributed by atoms with E-state index in [0.717, 1.165) is 5.56 Å². The van der Waals surface area contributed by atoms with Crippen molar-refractivity contribution in [3.8, 4) is 5.75 Å². The smallest absolute Gasteiger partial charge is 0.311 e. The molecule has 7 nitrogen and oxygen atoms in total. The summed E-state index contributed by atoms with van der Waals surface area (Å²) in [4.78, 5) is 26.2. The number of hydrogen-bond acceptors (Lipinski definition) is 6. The van der Waals surface area contributed by atoms with Gasteiger partial charge in [-0.1, -0.05) is 11.6 Å². The Morgan fingerprint density at radius 2 is 2.26 bits per heavy atom. The van der Waals surface area contributed by atoms with Crippen molar-refractivity contribution in [2.75, 3.05) is 13.3 Å². The predicted molar refractivity (Wildman–Crippen MR) is 93.8 cm³/mol. The molecule has 1 fully saturated rings. The second kappa shape index (κ2) is 7.62. The molecule has 0 spiro atoms. The number of carbonyl (C=O) groups is 2. The minimum atomic E-state index is -0.494. The lowest BCUT2D eigenvalue weighted by molar-refractivity contribution is -0.149. The number of ether oxygens (including phenoxy) is 3. The fraction of sp³-hybridized carbons (Fsp3) is 0.368. The van der Waals surface area contributed by atoms with E-state index in [4.69, 9.17) is 30.2 Å². The molecule has 2 aliphatic heterocycles. The Hall–Kier alpha value is -2.51. The highest BCUT2D eigenvalue weighted by Gasteiger charge is 2.35. The van der Waals surface area contributed by atoms with Crippen LogP contribution < -0.4 is 4.74 Å². The minimum Gasteiger partial charge on any atom is -0.467 e. The van der Waals surface area contributed by atoms with Gasteiger partial charge in [0, 0.05) is 29.1 Å². The maximum absolute atomic E-state index is 12.4. The van der Waals surface area contributed by atoms with Crippen LogP contribution in [-0.4, -0.2) is 30.1 Å². The van der Waals surface area contributed by atoms with Crippen LogP contribution in [0.3, 0.4) is 0 Å². The molecule has 27 heavy (non-hydrogen) atoms. The third-order valence-electron chi connectivity index (χ3n) is 4.60. The Labute approximate surface area is 160 Å². The monoisotopic (exact) mass is 391 g/mol. The van der Waals surface area contributed by atoms with Crippen LogP contribution in [0.25, 0.3) is 0 Å². The van der Waals surface area contributed by atoms with Crippen LogP contribution in [0, 0.1) is 5.92 Å². The van der Waals surface area contributed by atoms with E-state index < -0.39 is 11.9 Å². The zero-order valence-corrected chi connectivity index (χ0v) is 15.2. The number of hydrogen-bond donors (Lipinski definition) is 0. The molecular weight excluding hydrogens is 374 g/mol. The molecule has 0 bridgehead atoms. The molecule has 142 valence electrons. The van der Waals surface area contributed by atoms with Crippen molar-refractivity contribution in [2.45, 2.75) is 26.2 Å². The van der Waals surface area contributed by atoms with Crippen LogP contribution in [0.1, 0.15) is 23.3 Å². The summed E-state index contributed by atoms with van der Waals surface area (Å²) < 4.78 is 21.5. The number of carbonyl (C=O) groups excluding carboxylic acids is 2. The van der Waals surface area contributed by atoms with Crippen molar-refractivity contribution >= 4 is 23.5 Å². The quantitative estimate of drug-likeness (QED) is 0.729. The summed E-state index contributed by atoms with van der Waals surface area (Å²) in [7, 11) is 0. The number of rotatable bonds is 5. The lowest BCUT2D eigenvalue weighted by Gasteiger charge is -2.21. The van der Waals surface area contributed by atoms with Crippen LogP contribution in [0.15, 0.2) is 34.9 Å². The van der Waals surface area contributed by atoms with Gasteiger partial charge in [0.15, 0.2) is 6.79 Å². The highest BCUT2D eigenvalue weighted by atomic mass is 35.5. The van der Waals surface area contributed by atoms with Gasteiger partial charge in [0.25, 0.3) is 0 Å². The number of furan rings is 1. The molecule has 2 aliphatic rings. The molecule has 0 unspecified atom stereocenters. The third-order valence-corrected chi connectivity index (χ3v) is 4.81. The van der Waals surface area contributed by atoms with E-state index in [-0.39, 0.29) is 25.7 Å². The summed E-state index contributed by atoms with van der Waals surface area (Å²) in [6.07, 6.45) is 1.69. The molecule has 0 radical (unpaired) electrons. The minimum absolute atomic E-state index is 0.0323. The Balaban J connectivity index is 1.37. The highest BCUT2D eigenvalue weighted by Crippen LogP contribution is 2.32. The van der Waals surface area contributed by atoms with Gasteiger partial charge in [0.05, 0.1) is 25.3 Å². The number of likely N-dealkylation sites (tertiary alicyclic amines) is 1. The van der Waals surface area contributed by atoms with Gasteiger partial charge in [-0.05, 0) is 24.3 Å². The second-order valence-corrected chi connectivity index (χ2v) is 6.96. The molecule has 1 aromatic heterocycles. The zero-order chi connectivity index (χ0) is 18.8. The number of nitrogens with zero attached hydrogens (tertiary/aromatic N) is 1. The third kappa shape index (κ3) is 3.94. The van der Waals surface area contributed by atoms with Crippen molar-refractivity contribution < 1.29 is 28.2 Å². The lowest BCUT2D eigenvalue weighted by Crippen LogP contribution is -2.26. The van der Waals surface area contributed by atoms with Crippen LogP contribution in [0.5, 0.6) is 5.75 Å². The van der Waals surface area contributed by atoms with Gasteiger partial charge in [-0.2, -0.15) is 0 Å². The normalized spacial score (nSPS) is 18.9. The van der Waals surface area contributed by atoms with Crippen molar-refractivity contribution in [1.29, 1.82) is 0 Å². The Morgan fingerprint density at radius 3 is 3.07 bits per heavy atom. The molecule has 1 aromatic carbocycles. The summed E-state index contributed by atoms with van der Waals surface area (Å²) >= 11 is 6.12. The second-order valence-electron chi connectivity index (χ2n) is 6.53. The number of amides is 1. The van der Waals surface area contributed by atoms with E-state index in [1.54, 1.807) is 35.4 Å². The van der Waals surface area contributed by atoms with Crippen molar-refractivity contribution in [3.63, 3.8) is 0 Å². The topological polar surface area (TPSA) is 78.2 Å². The number of halogens is 1. The van der Waals surface area contributed by atoms with E-state index in [9.17, 15) is 9.59 Å². The average molecular weight is 392 g/mol. The van der Waals surface area contributed by atoms with E-state index in [1.165, 1.54) is 0 Å². The molecule has 0 N–H and O–H groups in total. The summed E-state index contributed by atoms with van der Waals surface area (Å²) in [6, 6.07) is 7.04. The molecule has 0 aliphatic carbocycles. The van der Waals surface area contributed by atoms with Crippen molar-refractivity contribution in [2.24, 2.45) is 5.92 Å². The maximum Gasteiger partial charge on any atom is 0.311 e. The molecule has 4 rings (SSSR count). The van der Waals surface area contributed by atoms with Crippen LogP contribution in [0.4, 0.5) is 0 Å². The molecule has 2 aromatic rings. The molecule has 1 amide bonds. The first kappa shape index (κ1) is 17.9. The Kier molecular flexibility index (Phi) is 5.05. The van der Waals surface area contributed by atoms with Crippen LogP contribution >= 0.6 is 11.6 Å². The van der Waals surface area contributed by atoms with E-state index in [1.807, 2.05) is 0 Å². The van der Waals surface area contributed by atoms with Crippen molar-refractivity contribution in [1.82, 2.24) is 4.90 Å². The van der Waals surface area contributed by atoms with Gasteiger partial charge >= 0.3 is 5.97 Å². The largest absolute Gasteiger partial charge is 0.467 e. The SMILES string of the molecule is O=C(OCc1cc(Cl)cc2c1OCOC2)[C@H]1CC(=O)N(Cc2ccco2)C1. The van der Waals surface area contributed by atoms with Gasteiger partial charge < -0.3 is 23.5 Å². The molecule has 8 heteroatoms. The average Bonchev–Trinajstić information content (AvgIpc) is 3.30. The number of fused-ring (bicyclic) bond motifs is 1. The highest BCUT2D eigenvalue weighted by molar-refractivity contribution is 6.30. The van der Waals surface area contributed by atoms with Gasteiger partial charge in [-0.15, -0.1) is 0 Å². The predicted octanol–water partition coefficient (Wildman–Crippen LogP) is 2.89. The fourth-order valence-electron chi connectivity index (χ4n) is 3.30. The van der Waals surface area contributed by atoms with Gasteiger partial charge in [-0.25, -0.2) is 0 Å². The number of esters is 1. The standard InChI is InChI=1S/C19H18ClNO6/c20-15-4-13-9-24-11-27-18(13)14(5-15)10-26-19(23)12-6-17(22)21(7-12)8-16-2-1-3-25-16/h1-5,12H,6-11H2/t12-/m0/s1. The summed E-state index contributed by atoms with van der Waals surface area (Å²) in [5.41, 5.74) is 1.51. The molecule has 1 saturated heterocycles. The fourth-order valence-corrected chi connectivity index (χ4v) is 3.57. The van der Waals surface area contributed by atoms with Gasteiger partial charge in [-0.3, -0.25) is 9.59 Å². The zero-order valence-electron chi connectivity index (χ0n) is 14.5. The maximum atomic E-state index is 12.4. The lowest BCUT2D eigenvalue weighted by atomic mass is 10.1. The van der Waals surface area contributed by atoms with E-state index in [2.05, 4.69) is 0 Å². The van der Waals surface area contributed by atoms with Crippen LogP contribution in [-0.2, 0) is 38.8 Å². The number of benzene rings is 1. The van der Waals surface area contributed by atoms with E-state index >= 15 is 0 Å². The van der Waals surface area contributed by atoms with Crippen molar-refractivity contribution in [3.05, 3.63) is 52.4 Å². The molecule has 1 atom stereocenters. The molecule has 0 saturated carbocycles. The Bertz CT molecular complexity index is 850. The van der Waals surface area contributed by atoms with Gasteiger partial charge in [0.2, 0.25) is 5.91 Å².